The van der Waals surface area contributed by atoms with Crippen molar-refractivity contribution < 1.29 is 9.47 Å². The van der Waals surface area contributed by atoms with Gasteiger partial charge >= 0.3 is 0 Å². The quantitative estimate of drug-likeness (QED) is 0.813. The lowest BCUT2D eigenvalue weighted by atomic mass is 10.0. The first-order chi connectivity index (χ1) is 10.7. The number of rotatable bonds is 3. The summed E-state index contributed by atoms with van der Waals surface area (Å²) < 4.78 is 11.2. The van der Waals surface area contributed by atoms with Crippen molar-refractivity contribution in [1.82, 2.24) is 4.98 Å². The van der Waals surface area contributed by atoms with Gasteiger partial charge in [-0.1, -0.05) is 6.07 Å². The van der Waals surface area contributed by atoms with Gasteiger partial charge in [0, 0.05) is 23.7 Å². The Morgan fingerprint density at radius 3 is 3.00 bits per heavy atom. The van der Waals surface area contributed by atoms with E-state index in [1.165, 1.54) is 0 Å². The summed E-state index contributed by atoms with van der Waals surface area (Å²) in [6, 6.07) is 11.6. The van der Waals surface area contributed by atoms with E-state index >= 15 is 0 Å². The molecule has 2 aromatic rings. The maximum absolute atomic E-state index is 9.41. The summed E-state index contributed by atoms with van der Waals surface area (Å²) in [7, 11) is 1.63. The first-order valence-corrected chi connectivity index (χ1v) is 7.12. The molecular weight excluding hydrogens is 276 g/mol. The van der Waals surface area contributed by atoms with Gasteiger partial charge in [-0.25, -0.2) is 0 Å². The molecule has 0 N–H and O–H groups in total. The number of pyridine rings is 1. The molecule has 4 heteroatoms. The standard InChI is InChI=1S/C18H16N2O2/c1-12-7-13-9-17(21-2)14(10-18(13)22-12)8-15(11-19)16-5-3-4-6-20-16/h3-6,8-10,12H,7H2,1-2H3/b15-8-. The summed E-state index contributed by atoms with van der Waals surface area (Å²) in [5, 5.41) is 9.41. The maximum Gasteiger partial charge on any atom is 0.126 e. The molecule has 2 heterocycles. The van der Waals surface area contributed by atoms with Crippen LogP contribution in [0, 0.1) is 11.3 Å². The molecule has 1 unspecified atom stereocenters. The van der Waals surface area contributed by atoms with Crippen molar-refractivity contribution in [3.63, 3.8) is 0 Å². The number of fused-ring (bicyclic) bond motifs is 1. The lowest BCUT2D eigenvalue weighted by Crippen LogP contribution is -2.05. The molecule has 0 spiro atoms. The van der Waals surface area contributed by atoms with Crippen LogP contribution in [0.5, 0.6) is 11.5 Å². The lowest BCUT2D eigenvalue weighted by molar-refractivity contribution is 0.254. The number of hydrogen-bond donors (Lipinski definition) is 0. The van der Waals surface area contributed by atoms with Crippen LogP contribution in [-0.4, -0.2) is 18.2 Å². The van der Waals surface area contributed by atoms with Crippen LogP contribution in [0.15, 0.2) is 36.5 Å². The number of nitriles is 1. The fourth-order valence-corrected chi connectivity index (χ4v) is 2.59. The van der Waals surface area contributed by atoms with Gasteiger partial charge < -0.3 is 9.47 Å². The van der Waals surface area contributed by atoms with Crippen LogP contribution in [0.25, 0.3) is 11.6 Å². The normalized spacial score (nSPS) is 16.6. The Bertz CT molecular complexity index is 761. The van der Waals surface area contributed by atoms with Crippen LogP contribution < -0.4 is 9.47 Å². The molecule has 0 fully saturated rings. The van der Waals surface area contributed by atoms with Crippen LogP contribution in [0.4, 0.5) is 0 Å². The summed E-state index contributed by atoms with van der Waals surface area (Å²) in [6.45, 7) is 2.04. The first kappa shape index (κ1) is 14.2. The Balaban J connectivity index is 2.06. The van der Waals surface area contributed by atoms with Crippen molar-refractivity contribution in [3.8, 4) is 17.6 Å². The van der Waals surface area contributed by atoms with Gasteiger partial charge in [0.2, 0.25) is 0 Å². The molecule has 1 atom stereocenters. The third-order valence-electron chi connectivity index (χ3n) is 3.61. The highest BCUT2D eigenvalue weighted by Crippen LogP contribution is 2.36. The number of aromatic nitrogens is 1. The van der Waals surface area contributed by atoms with Crippen LogP contribution in [-0.2, 0) is 6.42 Å². The summed E-state index contributed by atoms with van der Waals surface area (Å²) in [5.41, 5.74) is 3.09. The minimum Gasteiger partial charge on any atom is -0.496 e. The van der Waals surface area contributed by atoms with Crippen molar-refractivity contribution >= 4 is 11.6 Å². The molecule has 110 valence electrons. The molecule has 4 nitrogen and oxygen atoms in total. The van der Waals surface area contributed by atoms with Gasteiger partial charge in [0.25, 0.3) is 0 Å². The molecule has 0 aliphatic carbocycles. The van der Waals surface area contributed by atoms with E-state index in [2.05, 4.69) is 11.1 Å². The van der Waals surface area contributed by atoms with E-state index in [4.69, 9.17) is 9.47 Å². The molecule has 0 saturated heterocycles. The Hall–Kier alpha value is -2.80. The third kappa shape index (κ3) is 2.66. The van der Waals surface area contributed by atoms with Gasteiger partial charge in [-0.2, -0.15) is 5.26 Å². The molecule has 0 bridgehead atoms. The third-order valence-corrected chi connectivity index (χ3v) is 3.61. The monoisotopic (exact) mass is 292 g/mol. The number of nitrogens with zero attached hydrogens (tertiary/aromatic N) is 2. The second-order valence-electron chi connectivity index (χ2n) is 5.22. The number of hydrogen-bond acceptors (Lipinski definition) is 4. The van der Waals surface area contributed by atoms with Crippen LogP contribution in [0.3, 0.4) is 0 Å². The van der Waals surface area contributed by atoms with Crippen molar-refractivity contribution in [2.75, 3.05) is 7.11 Å². The molecule has 0 amide bonds. The van der Waals surface area contributed by atoms with Gasteiger partial charge in [-0.3, -0.25) is 4.98 Å². The SMILES string of the molecule is COc1cc2c(cc1/C=C(/C#N)c1ccccn1)OC(C)C2. The van der Waals surface area contributed by atoms with E-state index < -0.39 is 0 Å². The molecule has 22 heavy (non-hydrogen) atoms. The van der Waals surface area contributed by atoms with Crippen molar-refractivity contribution in [3.05, 3.63) is 53.3 Å². The molecule has 1 aliphatic heterocycles. The highest BCUT2D eigenvalue weighted by atomic mass is 16.5. The molecule has 0 saturated carbocycles. The average molecular weight is 292 g/mol. The zero-order valence-corrected chi connectivity index (χ0v) is 12.5. The minimum atomic E-state index is 0.171. The topological polar surface area (TPSA) is 55.1 Å². The minimum absolute atomic E-state index is 0.171. The molecule has 1 aromatic carbocycles. The van der Waals surface area contributed by atoms with Crippen molar-refractivity contribution in [2.24, 2.45) is 0 Å². The van der Waals surface area contributed by atoms with Gasteiger partial charge in [0.1, 0.15) is 23.7 Å². The summed E-state index contributed by atoms with van der Waals surface area (Å²) >= 11 is 0. The van der Waals surface area contributed by atoms with E-state index in [9.17, 15) is 5.26 Å². The summed E-state index contributed by atoms with van der Waals surface area (Å²) in [6.07, 6.45) is 4.50. The fraction of sp³-hybridized carbons (Fsp3) is 0.222. The second-order valence-corrected chi connectivity index (χ2v) is 5.22. The Labute approximate surface area is 129 Å². The predicted molar refractivity (Wildman–Crippen MR) is 84.5 cm³/mol. The van der Waals surface area contributed by atoms with Crippen LogP contribution in [0.1, 0.15) is 23.7 Å². The zero-order chi connectivity index (χ0) is 15.5. The summed E-state index contributed by atoms with van der Waals surface area (Å²) in [4.78, 5) is 4.22. The Morgan fingerprint density at radius 1 is 1.45 bits per heavy atom. The molecule has 3 rings (SSSR count). The second kappa shape index (κ2) is 5.90. The van der Waals surface area contributed by atoms with E-state index in [0.717, 1.165) is 29.0 Å². The molecular formula is C18H16N2O2. The first-order valence-electron chi connectivity index (χ1n) is 7.12. The van der Waals surface area contributed by atoms with E-state index in [-0.39, 0.29) is 6.10 Å². The maximum atomic E-state index is 9.41. The summed E-state index contributed by atoms with van der Waals surface area (Å²) in [5.74, 6) is 1.60. The lowest BCUT2D eigenvalue weighted by Gasteiger charge is -2.09. The van der Waals surface area contributed by atoms with Gasteiger partial charge in [-0.15, -0.1) is 0 Å². The van der Waals surface area contributed by atoms with Gasteiger partial charge in [0.05, 0.1) is 18.4 Å². The Morgan fingerprint density at radius 2 is 2.32 bits per heavy atom. The van der Waals surface area contributed by atoms with Gasteiger partial charge in [0.15, 0.2) is 0 Å². The van der Waals surface area contributed by atoms with Gasteiger partial charge in [-0.05, 0) is 37.3 Å². The molecule has 0 radical (unpaired) electrons. The number of ether oxygens (including phenoxy) is 2. The smallest absolute Gasteiger partial charge is 0.126 e. The van der Waals surface area contributed by atoms with E-state index in [1.54, 1.807) is 19.4 Å². The zero-order valence-electron chi connectivity index (χ0n) is 12.5. The van der Waals surface area contributed by atoms with Crippen LogP contribution in [0.2, 0.25) is 0 Å². The highest BCUT2D eigenvalue weighted by Gasteiger charge is 2.21. The molecule has 1 aromatic heterocycles. The van der Waals surface area contributed by atoms with E-state index in [0.29, 0.717) is 11.3 Å². The van der Waals surface area contributed by atoms with Crippen molar-refractivity contribution in [2.45, 2.75) is 19.4 Å². The predicted octanol–water partition coefficient (Wildman–Crippen LogP) is 3.48. The average Bonchev–Trinajstić information content (AvgIpc) is 2.91. The largest absolute Gasteiger partial charge is 0.496 e. The number of allylic oxidation sites excluding steroid dienone is 1. The van der Waals surface area contributed by atoms with Crippen LogP contribution >= 0.6 is 0 Å². The number of benzene rings is 1. The molecule has 1 aliphatic rings. The van der Waals surface area contributed by atoms with E-state index in [1.807, 2.05) is 37.3 Å². The highest BCUT2D eigenvalue weighted by molar-refractivity contribution is 5.89. The van der Waals surface area contributed by atoms with Crippen molar-refractivity contribution in [1.29, 1.82) is 5.26 Å². The fourth-order valence-electron chi connectivity index (χ4n) is 2.59. The number of methoxy groups -OCH3 is 1. The Kier molecular flexibility index (Phi) is 3.80.